The van der Waals surface area contributed by atoms with Gasteiger partial charge in [0, 0.05) is 0 Å². The van der Waals surface area contributed by atoms with E-state index in [0.29, 0.717) is 10.8 Å². The molecule has 0 amide bonds. The fourth-order valence-corrected chi connectivity index (χ4v) is 2.53. The van der Waals surface area contributed by atoms with E-state index in [1.165, 1.54) is 43.6 Å². The average molecular weight is 343 g/mol. The zero-order chi connectivity index (χ0) is 15.5. The van der Waals surface area contributed by atoms with Crippen LogP contribution in [0.4, 0.5) is 0 Å². The Bertz CT molecular complexity index is 501. The number of thiol groups is 2. The van der Waals surface area contributed by atoms with Crippen LogP contribution in [0.15, 0.2) is 33.5 Å². The molecule has 0 aliphatic carbocycles. The number of aromatic hydroxyl groups is 1. The third-order valence-electron chi connectivity index (χ3n) is 3.00. The predicted molar refractivity (Wildman–Crippen MR) is 95.0 cm³/mol. The Kier molecular flexibility index (Phi) is 9.54. The molecule has 0 aliphatic rings. The number of aryl methyl sites for hydroxylation is 1. The van der Waals surface area contributed by atoms with E-state index in [9.17, 15) is 5.11 Å². The normalized spacial score (nSPS) is 10.0. The number of phenols is 1. The predicted octanol–water partition coefficient (Wildman–Crippen LogP) is 5.02. The van der Waals surface area contributed by atoms with Crippen LogP contribution in [0.5, 0.6) is 5.75 Å². The van der Waals surface area contributed by atoms with Crippen molar-refractivity contribution >= 4 is 36.8 Å². The lowest BCUT2D eigenvalue weighted by Crippen LogP contribution is -1.86. The molecule has 1 aromatic heterocycles. The summed E-state index contributed by atoms with van der Waals surface area (Å²) in [5.41, 5.74) is 1.09. The third-order valence-corrected chi connectivity index (χ3v) is 4.62. The summed E-state index contributed by atoms with van der Waals surface area (Å²) in [5.74, 6) is 0.447. The number of phenolic OH excluding ortho intramolecular Hbond substituents is 1. The summed E-state index contributed by atoms with van der Waals surface area (Å²) in [5, 5.41) is 13.7. The van der Waals surface area contributed by atoms with Crippen molar-refractivity contribution in [1.82, 2.24) is 9.59 Å². The zero-order valence-electron chi connectivity index (χ0n) is 12.2. The van der Waals surface area contributed by atoms with Crippen LogP contribution in [0.1, 0.15) is 44.6 Å². The van der Waals surface area contributed by atoms with Crippen molar-refractivity contribution in [2.24, 2.45) is 0 Å². The van der Waals surface area contributed by atoms with Crippen molar-refractivity contribution in [1.29, 1.82) is 0 Å². The molecular formula is C15H22N2OS3. The Morgan fingerprint density at radius 1 is 1.10 bits per heavy atom. The molecule has 3 nitrogen and oxygen atoms in total. The third kappa shape index (κ3) is 7.74. The van der Waals surface area contributed by atoms with E-state index in [1.54, 1.807) is 6.07 Å². The molecule has 2 rings (SSSR count). The molecule has 0 saturated heterocycles. The molecule has 0 fully saturated rings. The van der Waals surface area contributed by atoms with Crippen molar-refractivity contribution in [3.05, 3.63) is 29.8 Å². The van der Waals surface area contributed by atoms with Crippen LogP contribution < -0.4 is 0 Å². The van der Waals surface area contributed by atoms with E-state index in [-0.39, 0.29) is 0 Å². The first-order chi connectivity index (χ1) is 10.1. The molecule has 0 unspecified atom stereocenters. The summed E-state index contributed by atoms with van der Waals surface area (Å²) in [6.45, 7) is 2.23. The van der Waals surface area contributed by atoms with Crippen LogP contribution in [0.25, 0.3) is 0 Å². The molecular weight excluding hydrogens is 320 g/mol. The first-order valence-electron chi connectivity index (χ1n) is 7.12. The maximum atomic E-state index is 9.51. The molecule has 0 saturated carbocycles. The van der Waals surface area contributed by atoms with Gasteiger partial charge in [-0.05, 0) is 36.0 Å². The van der Waals surface area contributed by atoms with Crippen LogP contribution in [0, 0.1) is 0 Å². The Labute approximate surface area is 141 Å². The van der Waals surface area contributed by atoms with Crippen molar-refractivity contribution in [3.8, 4) is 5.75 Å². The van der Waals surface area contributed by atoms with E-state index in [0.717, 1.165) is 16.2 Å². The van der Waals surface area contributed by atoms with Crippen LogP contribution in [-0.4, -0.2) is 14.7 Å². The van der Waals surface area contributed by atoms with Crippen molar-refractivity contribution in [2.45, 2.75) is 54.7 Å². The quantitative estimate of drug-likeness (QED) is 0.510. The molecule has 0 radical (unpaired) electrons. The van der Waals surface area contributed by atoms with Gasteiger partial charge in [-0.15, -0.1) is 30.4 Å². The van der Waals surface area contributed by atoms with Crippen molar-refractivity contribution < 1.29 is 5.11 Å². The number of aromatic nitrogens is 2. The summed E-state index contributed by atoms with van der Waals surface area (Å²) in [7, 11) is 0. The van der Waals surface area contributed by atoms with Gasteiger partial charge in [-0.3, -0.25) is 0 Å². The molecule has 116 valence electrons. The molecule has 1 N–H and O–H groups in total. The molecule has 1 aromatic carbocycles. The topological polar surface area (TPSA) is 46.0 Å². The standard InChI is InChI=1S/C13H20O.C2H2N2S3/c1-2-3-4-5-6-9-12-10-7-8-11-13(12)14;5-1-2(6)7-4-3-1/h7-8,10-11,14H,2-6,9H2,1H3;5-6H. The lowest BCUT2D eigenvalue weighted by molar-refractivity contribution is 0.466. The molecule has 1 heterocycles. The Morgan fingerprint density at radius 2 is 1.81 bits per heavy atom. The van der Waals surface area contributed by atoms with Gasteiger partial charge in [0.25, 0.3) is 0 Å². The summed E-state index contributed by atoms with van der Waals surface area (Å²) in [4.78, 5) is 0. The second kappa shape index (κ2) is 10.9. The number of hydrogen-bond donors (Lipinski definition) is 3. The highest BCUT2D eigenvalue weighted by Crippen LogP contribution is 2.18. The number of benzene rings is 1. The number of para-hydroxylation sites is 1. The van der Waals surface area contributed by atoms with E-state index in [1.807, 2.05) is 18.2 Å². The minimum atomic E-state index is 0.447. The second-order valence-corrected chi connectivity index (χ2v) is 6.62. The highest BCUT2D eigenvalue weighted by Gasteiger charge is 1.98. The number of rotatable bonds is 6. The van der Waals surface area contributed by atoms with Gasteiger partial charge in [0.05, 0.1) is 0 Å². The maximum absolute atomic E-state index is 9.51. The largest absolute Gasteiger partial charge is 0.508 e. The monoisotopic (exact) mass is 342 g/mol. The lowest BCUT2D eigenvalue weighted by Gasteiger charge is -2.03. The van der Waals surface area contributed by atoms with E-state index in [4.69, 9.17) is 0 Å². The first-order valence-corrected chi connectivity index (χ1v) is 8.79. The molecule has 0 bridgehead atoms. The molecule has 0 spiro atoms. The number of hydrogen-bond acceptors (Lipinski definition) is 6. The highest BCUT2D eigenvalue weighted by molar-refractivity contribution is 7.85. The molecule has 21 heavy (non-hydrogen) atoms. The van der Waals surface area contributed by atoms with Gasteiger partial charge in [0.15, 0.2) is 0 Å². The number of unbranched alkanes of at least 4 members (excludes halogenated alkanes) is 4. The Morgan fingerprint density at radius 3 is 2.33 bits per heavy atom. The van der Waals surface area contributed by atoms with Crippen LogP contribution >= 0.6 is 36.8 Å². The second-order valence-electron chi connectivity index (χ2n) is 4.69. The zero-order valence-corrected chi connectivity index (χ0v) is 14.8. The number of nitrogens with zero attached hydrogens (tertiary/aromatic N) is 2. The van der Waals surface area contributed by atoms with E-state index >= 15 is 0 Å². The van der Waals surface area contributed by atoms with E-state index < -0.39 is 0 Å². The Hall–Kier alpha value is -0.720. The van der Waals surface area contributed by atoms with Gasteiger partial charge in [-0.25, -0.2) is 0 Å². The average Bonchev–Trinajstić information content (AvgIpc) is 2.85. The molecule has 2 aromatic rings. The summed E-state index contributed by atoms with van der Waals surface area (Å²) < 4.78 is 4.33. The summed E-state index contributed by atoms with van der Waals surface area (Å²) in [6, 6.07) is 7.63. The highest BCUT2D eigenvalue weighted by atomic mass is 32.2. The fourth-order valence-electron chi connectivity index (χ4n) is 1.82. The minimum absolute atomic E-state index is 0.447. The van der Waals surface area contributed by atoms with Gasteiger partial charge in [-0.2, -0.15) is 0 Å². The minimum Gasteiger partial charge on any atom is -0.508 e. The summed E-state index contributed by atoms with van der Waals surface area (Å²) in [6.07, 6.45) is 7.43. The smallest absolute Gasteiger partial charge is 0.142 e. The van der Waals surface area contributed by atoms with Gasteiger partial charge in [-0.1, -0.05) is 55.3 Å². The van der Waals surface area contributed by atoms with Gasteiger partial charge < -0.3 is 5.11 Å². The molecule has 6 heteroatoms. The van der Waals surface area contributed by atoms with Gasteiger partial charge in [0.2, 0.25) is 0 Å². The van der Waals surface area contributed by atoms with Crippen molar-refractivity contribution in [3.63, 3.8) is 0 Å². The van der Waals surface area contributed by atoms with Crippen LogP contribution in [0.3, 0.4) is 0 Å². The fraction of sp³-hybridized carbons (Fsp3) is 0.467. The summed E-state index contributed by atoms with van der Waals surface area (Å²) >= 11 is 9.11. The van der Waals surface area contributed by atoms with Crippen LogP contribution in [-0.2, 0) is 6.42 Å². The SMILES string of the molecule is CCCCCCCc1ccccc1O.Sc1nnsc1S. The van der Waals surface area contributed by atoms with Gasteiger partial charge >= 0.3 is 0 Å². The van der Waals surface area contributed by atoms with E-state index in [2.05, 4.69) is 41.8 Å². The molecule has 0 aliphatic heterocycles. The van der Waals surface area contributed by atoms with Crippen LogP contribution in [0.2, 0.25) is 0 Å². The Balaban J connectivity index is 0.000000262. The van der Waals surface area contributed by atoms with Gasteiger partial charge in [0.1, 0.15) is 15.0 Å². The lowest BCUT2D eigenvalue weighted by atomic mass is 10.0. The molecule has 0 atom stereocenters. The van der Waals surface area contributed by atoms with Crippen molar-refractivity contribution in [2.75, 3.05) is 0 Å². The maximum Gasteiger partial charge on any atom is 0.142 e. The first kappa shape index (κ1) is 18.3.